The molecule has 1 aromatic heterocycles. The van der Waals surface area contributed by atoms with Crippen LogP contribution in [0.3, 0.4) is 0 Å². The molecule has 0 radical (unpaired) electrons. The molecule has 6 atom stereocenters. The lowest BCUT2D eigenvalue weighted by Gasteiger charge is -2.27. The maximum absolute atomic E-state index is 12.3. The SMILES string of the molecule is CCCn1cc([C@@H]2O[C@H](COP3(=O)OP(=O)(O)OP(=O)(O)O3)C(O)[C@@H]2O)c(=O)[nH]c1=O. The topological polar surface area (TPSA) is 233 Å². The van der Waals surface area contributed by atoms with Crippen LogP contribution in [0.15, 0.2) is 15.8 Å². The van der Waals surface area contributed by atoms with Gasteiger partial charge in [-0.15, -0.1) is 0 Å². The first-order valence-corrected chi connectivity index (χ1v) is 13.1. The fraction of sp³-hybridized carbons (Fsp3) is 0.667. The Balaban J connectivity index is 1.78. The van der Waals surface area contributed by atoms with E-state index >= 15 is 0 Å². The molecule has 19 heteroatoms. The second kappa shape index (κ2) is 8.75. The van der Waals surface area contributed by atoms with Gasteiger partial charge in [0.25, 0.3) is 5.56 Å². The zero-order valence-corrected chi connectivity index (χ0v) is 18.4. The molecule has 0 saturated carbocycles. The first-order valence-electron chi connectivity index (χ1n) is 8.65. The predicted molar refractivity (Wildman–Crippen MR) is 97.7 cm³/mol. The second-order valence-electron chi connectivity index (χ2n) is 6.54. The second-order valence-corrected chi connectivity index (χ2v) is 11.5. The zero-order valence-electron chi connectivity index (χ0n) is 15.7. The molecule has 0 bridgehead atoms. The van der Waals surface area contributed by atoms with Crippen molar-refractivity contribution < 1.29 is 55.9 Å². The summed E-state index contributed by atoms with van der Waals surface area (Å²) in [5.74, 6) is 0. The van der Waals surface area contributed by atoms with Crippen LogP contribution in [-0.2, 0) is 42.4 Å². The number of aliphatic hydroxyl groups excluding tert-OH is 2. The van der Waals surface area contributed by atoms with Gasteiger partial charge in [0, 0.05) is 12.7 Å². The van der Waals surface area contributed by atoms with Crippen LogP contribution in [0, 0.1) is 0 Å². The van der Waals surface area contributed by atoms with Crippen LogP contribution >= 0.6 is 23.5 Å². The van der Waals surface area contributed by atoms with E-state index in [4.69, 9.17) is 4.74 Å². The summed E-state index contributed by atoms with van der Waals surface area (Å²) in [7, 11) is -15.6. The molecular weight excluding hydrogens is 489 g/mol. The lowest BCUT2D eigenvalue weighted by Crippen LogP contribution is -2.36. The van der Waals surface area contributed by atoms with Crippen molar-refractivity contribution in [3.63, 3.8) is 0 Å². The molecule has 2 aliphatic rings. The number of rotatable bonds is 6. The molecule has 3 heterocycles. The molecule has 16 nitrogen and oxygen atoms in total. The maximum atomic E-state index is 12.3. The number of ether oxygens (including phenoxy) is 1. The van der Waals surface area contributed by atoms with Gasteiger partial charge < -0.3 is 29.3 Å². The highest BCUT2D eigenvalue weighted by atomic mass is 31.3. The van der Waals surface area contributed by atoms with Gasteiger partial charge in [-0.25, -0.2) is 18.5 Å². The molecule has 2 saturated heterocycles. The highest BCUT2D eigenvalue weighted by Crippen LogP contribution is 2.80. The number of hydrogen-bond acceptors (Lipinski definition) is 12. The number of phosphoric acid groups is 3. The van der Waals surface area contributed by atoms with E-state index < -0.39 is 65.7 Å². The number of nitrogens with one attached hydrogen (secondary N) is 1. The van der Waals surface area contributed by atoms with Crippen molar-refractivity contribution >= 4 is 23.5 Å². The Labute approximate surface area is 173 Å². The first kappa shape index (κ1) is 24.6. The third-order valence-corrected chi connectivity index (χ3v) is 9.55. The first-order chi connectivity index (χ1) is 14.3. The van der Waals surface area contributed by atoms with Crippen molar-refractivity contribution in [2.24, 2.45) is 0 Å². The molecule has 0 spiro atoms. The van der Waals surface area contributed by atoms with Gasteiger partial charge in [0.2, 0.25) is 0 Å². The van der Waals surface area contributed by atoms with Gasteiger partial charge in [0.15, 0.2) is 0 Å². The van der Waals surface area contributed by atoms with Crippen LogP contribution in [-0.4, -0.2) is 54.5 Å². The summed E-state index contributed by atoms with van der Waals surface area (Å²) in [6.45, 7) is 1.12. The number of aromatic amines is 1. The van der Waals surface area contributed by atoms with E-state index in [2.05, 4.69) is 22.4 Å². The van der Waals surface area contributed by atoms with E-state index in [-0.39, 0.29) is 12.1 Å². The monoisotopic (exact) mass is 508 g/mol. The van der Waals surface area contributed by atoms with E-state index in [1.165, 1.54) is 4.57 Å². The minimum Gasteiger partial charge on any atom is -0.387 e. The summed E-state index contributed by atoms with van der Waals surface area (Å²) in [5.41, 5.74) is -1.74. The summed E-state index contributed by atoms with van der Waals surface area (Å²) < 4.78 is 58.2. The van der Waals surface area contributed by atoms with Gasteiger partial charge >= 0.3 is 29.2 Å². The highest BCUT2D eigenvalue weighted by Gasteiger charge is 2.55. The Morgan fingerprint density at radius 2 is 1.71 bits per heavy atom. The molecular formula is C12H19N2O14P3. The minimum absolute atomic E-state index is 0.188. The van der Waals surface area contributed by atoms with E-state index in [0.29, 0.717) is 6.42 Å². The third-order valence-electron chi connectivity index (χ3n) is 4.18. The number of nitrogens with zero attached hydrogens (tertiary/aromatic N) is 1. The Kier molecular flexibility index (Phi) is 6.95. The van der Waals surface area contributed by atoms with E-state index in [1.807, 2.05) is 0 Å². The zero-order chi connectivity index (χ0) is 23.2. The fourth-order valence-corrected chi connectivity index (χ4v) is 7.85. The Morgan fingerprint density at radius 3 is 2.29 bits per heavy atom. The van der Waals surface area contributed by atoms with Gasteiger partial charge in [-0.2, -0.15) is 12.9 Å². The number of hydrogen-bond donors (Lipinski definition) is 5. The number of aromatic nitrogens is 2. The van der Waals surface area contributed by atoms with Gasteiger partial charge in [0.05, 0.1) is 12.2 Å². The van der Waals surface area contributed by atoms with Gasteiger partial charge in [-0.05, 0) is 6.42 Å². The molecule has 2 fully saturated rings. The Morgan fingerprint density at radius 1 is 1.10 bits per heavy atom. The molecule has 0 aliphatic carbocycles. The lowest BCUT2D eigenvalue weighted by molar-refractivity contribution is -0.0236. The van der Waals surface area contributed by atoms with Gasteiger partial charge in [-0.1, -0.05) is 6.92 Å². The predicted octanol–water partition coefficient (Wildman–Crippen LogP) is -0.503. The van der Waals surface area contributed by atoms with Crippen molar-refractivity contribution in [2.45, 2.75) is 44.3 Å². The molecule has 0 aromatic carbocycles. The van der Waals surface area contributed by atoms with Crippen LogP contribution in [0.5, 0.6) is 0 Å². The van der Waals surface area contributed by atoms with Crippen LogP contribution in [0.2, 0.25) is 0 Å². The largest absolute Gasteiger partial charge is 0.492 e. The average Bonchev–Trinajstić information content (AvgIpc) is 2.88. The Hall–Kier alpha value is -0.990. The normalized spacial score (nSPS) is 40.8. The molecule has 2 aliphatic heterocycles. The average molecular weight is 508 g/mol. The van der Waals surface area contributed by atoms with Gasteiger partial charge in [0.1, 0.15) is 24.4 Å². The highest BCUT2D eigenvalue weighted by molar-refractivity contribution is 7.74. The lowest BCUT2D eigenvalue weighted by atomic mass is 10.0. The van der Waals surface area contributed by atoms with Crippen molar-refractivity contribution in [1.29, 1.82) is 0 Å². The third kappa shape index (κ3) is 5.50. The number of aliphatic hydroxyl groups is 2. The maximum Gasteiger partial charge on any atom is 0.492 e. The summed E-state index contributed by atoms with van der Waals surface area (Å²) in [6, 6.07) is 0. The molecule has 3 rings (SSSR count). The number of aryl methyl sites for hydroxylation is 1. The summed E-state index contributed by atoms with van der Waals surface area (Å²) in [6.07, 6.45) is -4.60. The molecule has 31 heavy (non-hydrogen) atoms. The Bertz CT molecular complexity index is 1070. The van der Waals surface area contributed by atoms with Crippen LogP contribution in [0.4, 0.5) is 0 Å². The van der Waals surface area contributed by atoms with Crippen molar-refractivity contribution in [3.8, 4) is 0 Å². The van der Waals surface area contributed by atoms with Crippen LogP contribution in [0.25, 0.3) is 0 Å². The van der Waals surface area contributed by atoms with Crippen molar-refractivity contribution in [3.05, 3.63) is 32.6 Å². The van der Waals surface area contributed by atoms with E-state index in [1.54, 1.807) is 6.92 Å². The molecule has 1 aromatic rings. The summed E-state index contributed by atoms with van der Waals surface area (Å²) >= 11 is 0. The minimum atomic E-state index is -5.26. The fourth-order valence-electron chi connectivity index (χ4n) is 2.92. The molecule has 5 N–H and O–H groups in total. The quantitative estimate of drug-likeness (QED) is 0.305. The number of H-pyrrole nitrogens is 1. The smallest absolute Gasteiger partial charge is 0.387 e. The molecule has 3 unspecified atom stereocenters. The van der Waals surface area contributed by atoms with Crippen LogP contribution < -0.4 is 11.2 Å². The summed E-state index contributed by atoms with van der Waals surface area (Å²) in [4.78, 5) is 44.4. The molecule has 176 valence electrons. The van der Waals surface area contributed by atoms with E-state index in [0.717, 1.165) is 6.20 Å². The van der Waals surface area contributed by atoms with Crippen LogP contribution in [0.1, 0.15) is 25.0 Å². The van der Waals surface area contributed by atoms with E-state index in [9.17, 15) is 43.3 Å². The standard InChI is InChI=1S/C12H19N2O14P3/c1-2-3-14-4-6(11(17)13-12(14)18)10-9(16)8(15)7(25-10)5-24-31(23)27-29(19,20)26-30(21,22)28-31/h4,7-10,15-16H,2-3,5H2,1H3,(H,19,20)(H,21,22)(H,13,17,18)/t7-,8?,9+,10+/m1/s1. The van der Waals surface area contributed by atoms with Gasteiger partial charge in [-0.3, -0.25) is 14.3 Å². The molecule has 0 amide bonds. The van der Waals surface area contributed by atoms with Crippen molar-refractivity contribution in [1.82, 2.24) is 9.55 Å². The van der Waals surface area contributed by atoms with Crippen molar-refractivity contribution in [2.75, 3.05) is 6.61 Å². The summed E-state index contributed by atoms with van der Waals surface area (Å²) in [5, 5.41) is 20.5.